The average Bonchev–Trinajstić information content (AvgIpc) is 2.77. The number of methoxy groups -OCH3 is 1. The molecular formula is C23H23N3O3. The molecule has 1 aromatic heterocycles. The van der Waals surface area contributed by atoms with Gasteiger partial charge in [-0.15, -0.1) is 0 Å². The Hall–Kier alpha value is -3.67. The molecule has 6 nitrogen and oxygen atoms in total. The second-order valence-corrected chi connectivity index (χ2v) is 6.57. The Morgan fingerprint density at radius 1 is 0.931 bits per heavy atom. The van der Waals surface area contributed by atoms with Crippen LogP contribution < -0.4 is 15.4 Å². The second-order valence-electron chi connectivity index (χ2n) is 6.57. The van der Waals surface area contributed by atoms with Gasteiger partial charge >= 0.3 is 0 Å². The van der Waals surface area contributed by atoms with Crippen LogP contribution in [0.4, 0.5) is 0 Å². The molecule has 2 N–H and O–H groups in total. The quantitative estimate of drug-likeness (QED) is 0.650. The maximum Gasteiger partial charge on any atom is 0.270 e. The number of nitrogens with one attached hydrogen (secondary N) is 2. The van der Waals surface area contributed by atoms with Crippen LogP contribution in [-0.2, 0) is 13.1 Å². The fourth-order valence-electron chi connectivity index (χ4n) is 2.80. The summed E-state index contributed by atoms with van der Waals surface area (Å²) in [5, 5.41) is 5.69. The Morgan fingerprint density at radius 3 is 2.38 bits per heavy atom. The van der Waals surface area contributed by atoms with Crippen LogP contribution in [0.1, 0.15) is 37.5 Å². The summed E-state index contributed by atoms with van der Waals surface area (Å²) in [4.78, 5) is 29.0. The van der Waals surface area contributed by atoms with Crippen LogP contribution in [-0.4, -0.2) is 23.9 Å². The van der Waals surface area contributed by atoms with Crippen molar-refractivity contribution in [2.24, 2.45) is 0 Å². The van der Waals surface area contributed by atoms with Gasteiger partial charge in [-0.2, -0.15) is 0 Å². The van der Waals surface area contributed by atoms with Crippen molar-refractivity contribution in [1.29, 1.82) is 0 Å². The van der Waals surface area contributed by atoms with Gasteiger partial charge in [0.15, 0.2) is 0 Å². The van der Waals surface area contributed by atoms with Gasteiger partial charge in [0.1, 0.15) is 11.4 Å². The first-order valence-electron chi connectivity index (χ1n) is 9.26. The Morgan fingerprint density at radius 2 is 1.66 bits per heavy atom. The molecule has 0 saturated heterocycles. The molecule has 0 spiro atoms. The molecular weight excluding hydrogens is 366 g/mol. The monoisotopic (exact) mass is 389 g/mol. The molecule has 3 rings (SSSR count). The summed E-state index contributed by atoms with van der Waals surface area (Å²) in [6.07, 6.45) is 1.46. The summed E-state index contributed by atoms with van der Waals surface area (Å²) in [6.45, 7) is 2.77. The number of benzene rings is 2. The zero-order valence-electron chi connectivity index (χ0n) is 16.4. The third-order valence-corrected chi connectivity index (χ3v) is 4.57. The summed E-state index contributed by atoms with van der Waals surface area (Å²) in [7, 11) is 1.61. The van der Waals surface area contributed by atoms with Crippen molar-refractivity contribution in [3.05, 3.63) is 94.8 Å². The number of nitrogens with zero attached hydrogens (tertiary/aromatic N) is 1. The first-order chi connectivity index (χ1) is 14.1. The van der Waals surface area contributed by atoms with Crippen molar-refractivity contribution in [1.82, 2.24) is 15.6 Å². The van der Waals surface area contributed by atoms with Gasteiger partial charge < -0.3 is 15.4 Å². The fourth-order valence-corrected chi connectivity index (χ4v) is 2.80. The first kappa shape index (κ1) is 20.1. The van der Waals surface area contributed by atoms with E-state index in [4.69, 9.17) is 4.74 Å². The van der Waals surface area contributed by atoms with E-state index in [1.165, 1.54) is 12.3 Å². The number of ether oxygens (including phenoxy) is 1. The van der Waals surface area contributed by atoms with E-state index in [-0.39, 0.29) is 17.5 Å². The predicted octanol–water partition coefficient (Wildman–Crippen LogP) is 3.26. The lowest BCUT2D eigenvalue weighted by Crippen LogP contribution is -2.26. The molecule has 0 aliphatic rings. The molecule has 0 bridgehead atoms. The Balaban J connectivity index is 1.59. The highest BCUT2D eigenvalue weighted by Crippen LogP contribution is 2.11. The molecule has 2 amide bonds. The SMILES string of the molecule is COc1ccc(CNC(=O)c2ccnc(C(=O)NCc3ccccc3C)c2)cc1. The van der Waals surface area contributed by atoms with Gasteiger partial charge in [-0.1, -0.05) is 36.4 Å². The van der Waals surface area contributed by atoms with Gasteiger partial charge in [-0.3, -0.25) is 14.6 Å². The molecule has 2 aromatic carbocycles. The van der Waals surface area contributed by atoms with Crippen molar-refractivity contribution < 1.29 is 14.3 Å². The van der Waals surface area contributed by atoms with E-state index in [1.54, 1.807) is 13.2 Å². The van der Waals surface area contributed by atoms with Crippen molar-refractivity contribution in [3.8, 4) is 5.75 Å². The maximum atomic E-state index is 12.4. The number of aromatic nitrogens is 1. The van der Waals surface area contributed by atoms with Crippen LogP contribution in [0.5, 0.6) is 5.75 Å². The third kappa shape index (κ3) is 5.42. The standard InChI is InChI=1S/C23H23N3O3/c1-16-5-3-4-6-19(16)15-26-23(28)21-13-18(11-12-24-21)22(27)25-14-17-7-9-20(29-2)10-8-17/h3-13H,14-15H2,1-2H3,(H,25,27)(H,26,28). The van der Waals surface area contributed by atoms with Crippen molar-refractivity contribution in [3.63, 3.8) is 0 Å². The topological polar surface area (TPSA) is 80.3 Å². The molecule has 1 heterocycles. The van der Waals surface area contributed by atoms with Gasteiger partial charge in [-0.05, 0) is 47.9 Å². The van der Waals surface area contributed by atoms with Crippen LogP contribution in [0.3, 0.4) is 0 Å². The molecule has 29 heavy (non-hydrogen) atoms. The number of carbonyl (C=O) groups is 2. The lowest BCUT2D eigenvalue weighted by Gasteiger charge is -2.09. The molecule has 0 fully saturated rings. The van der Waals surface area contributed by atoms with E-state index in [1.807, 2.05) is 55.5 Å². The number of aryl methyl sites for hydroxylation is 1. The molecule has 6 heteroatoms. The number of pyridine rings is 1. The molecule has 0 radical (unpaired) electrons. The van der Waals surface area contributed by atoms with E-state index in [9.17, 15) is 9.59 Å². The molecule has 3 aromatic rings. The number of rotatable bonds is 7. The van der Waals surface area contributed by atoms with Crippen molar-refractivity contribution >= 4 is 11.8 Å². The number of amides is 2. The normalized spacial score (nSPS) is 10.3. The van der Waals surface area contributed by atoms with E-state index >= 15 is 0 Å². The third-order valence-electron chi connectivity index (χ3n) is 4.57. The Bertz CT molecular complexity index is 1000. The Labute approximate surface area is 169 Å². The second kappa shape index (κ2) is 9.50. The van der Waals surface area contributed by atoms with Crippen LogP contribution in [0.15, 0.2) is 66.9 Å². The van der Waals surface area contributed by atoms with E-state index in [0.29, 0.717) is 18.7 Å². The Kier molecular flexibility index (Phi) is 6.58. The van der Waals surface area contributed by atoms with E-state index in [2.05, 4.69) is 15.6 Å². The van der Waals surface area contributed by atoms with Crippen molar-refractivity contribution in [2.45, 2.75) is 20.0 Å². The predicted molar refractivity (Wildman–Crippen MR) is 111 cm³/mol. The summed E-state index contributed by atoms with van der Waals surface area (Å²) >= 11 is 0. The summed E-state index contributed by atoms with van der Waals surface area (Å²) in [5.41, 5.74) is 3.68. The molecule has 148 valence electrons. The van der Waals surface area contributed by atoms with E-state index in [0.717, 1.165) is 22.4 Å². The lowest BCUT2D eigenvalue weighted by molar-refractivity contribution is 0.0946. The minimum Gasteiger partial charge on any atom is -0.497 e. The van der Waals surface area contributed by atoms with Gasteiger partial charge in [0.05, 0.1) is 7.11 Å². The van der Waals surface area contributed by atoms with Gasteiger partial charge in [0.2, 0.25) is 0 Å². The van der Waals surface area contributed by atoms with E-state index < -0.39 is 0 Å². The zero-order chi connectivity index (χ0) is 20.6. The molecule has 0 atom stereocenters. The summed E-state index contributed by atoms with van der Waals surface area (Å²) in [6, 6.07) is 18.4. The highest BCUT2D eigenvalue weighted by molar-refractivity contribution is 5.98. The van der Waals surface area contributed by atoms with Crippen LogP contribution in [0.2, 0.25) is 0 Å². The van der Waals surface area contributed by atoms with Crippen molar-refractivity contribution in [2.75, 3.05) is 7.11 Å². The van der Waals surface area contributed by atoms with Gasteiger partial charge in [0, 0.05) is 24.8 Å². The largest absolute Gasteiger partial charge is 0.497 e. The fraction of sp³-hybridized carbons (Fsp3) is 0.174. The number of hydrogen-bond acceptors (Lipinski definition) is 4. The maximum absolute atomic E-state index is 12.4. The molecule has 0 unspecified atom stereocenters. The van der Waals surface area contributed by atoms with Crippen LogP contribution in [0, 0.1) is 6.92 Å². The summed E-state index contributed by atoms with van der Waals surface area (Å²) < 4.78 is 5.12. The molecule has 0 saturated carbocycles. The first-order valence-corrected chi connectivity index (χ1v) is 9.26. The minimum atomic E-state index is -0.321. The van der Waals surface area contributed by atoms with Crippen LogP contribution >= 0.6 is 0 Å². The number of carbonyl (C=O) groups excluding carboxylic acids is 2. The zero-order valence-corrected chi connectivity index (χ0v) is 16.4. The highest BCUT2D eigenvalue weighted by Gasteiger charge is 2.12. The minimum absolute atomic E-state index is 0.204. The number of hydrogen-bond donors (Lipinski definition) is 2. The van der Waals surface area contributed by atoms with Gasteiger partial charge in [0.25, 0.3) is 11.8 Å². The summed E-state index contributed by atoms with van der Waals surface area (Å²) in [5.74, 6) is 0.171. The smallest absolute Gasteiger partial charge is 0.270 e. The van der Waals surface area contributed by atoms with Crippen LogP contribution in [0.25, 0.3) is 0 Å². The lowest BCUT2D eigenvalue weighted by atomic mass is 10.1. The molecule has 0 aliphatic carbocycles. The molecule has 0 aliphatic heterocycles. The average molecular weight is 389 g/mol. The highest BCUT2D eigenvalue weighted by atomic mass is 16.5. The van der Waals surface area contributed by atoms with Gasteiger partial charge in [-0.25, -0.2) is 0 Å².